The van der Waals surface area contributed by atoms with Gasteiger partial charge in [0.15, 0.2) is 0 Å². The molecule has 0 aromatic carbocycles. The summed E-state index contributed by atoms with van der Waals surface area (Å²) in [5.74, 6) is 0.293. The highest BCUT2D eigenvalue weighted by Gasteiger charge is 2.53. The van der Waals surface area contributed by atoms with Gasteiger partial charge >= 0.3 is 7.12 Å². The van der Waals surface area contributed by atoms with Crippen LogP contribution < -0.4 is 0 Å². The number of rotatable bonds is 2. The van der Waals surface area contributed by atoms with Gasteiger partial charge in [-0.1, -0.05) is 13.0 Å². The molecule has 2 heterocycles. The Labute approximate surface area is 102 Å². The second-order valence-corrected chi connectivity index (χ2v) is 6.41. The molecule has 1 aromatic heterocycles. The van der Waals surface area contributed by atoms with Crippen molar-refractivity contribution in [2.75, 3.05) is 0 Å². The monoisotopic (exact) mass is 238 g/mol. The van der Waals surface area contributed by atoms with Crippen molar-refractivity contribution in [3.05, 3.63) is 22.4 Å². The van der Waals surface area contributed by atoms with E-state index in [0.717, 1.165) is 0 Å². The second-order valence-electron chi connectivity index (χ2n) is 5.43. The van der Waals surface area contributed by atoms with Crippen LogP contribution in [0, 0.1) is 0 Å². The first-order chi connectivity index (χ1) is 7.33. The molecular weight excluding hydrogens is 219 g/mol. The third kappa shape index (κ3) is 1.94. The normalized spacial score (nSPS) is 24.7. The zero-order chi connectivity index (χ0) is 12.0. The van der Waals surface area contributed by atoms with Crippen molar-refractivity contribution < 1.29 is 9.31 Å². The molecule has 2 rings (SSSR count). The van der Waals surface area contributed by atoms with Crippen LogP contribution in [-0.2, 0) is 9.31 Å². The van der Waals surface area contributed by atoms with E-state index in [-0.39, 0.29) is 18.3 Å². The SMILES string of the molecule is C[C@H](B1OC(C)(C)C(C)(C)O1)c1cccs1. The van der Waals surface area contributed by atoms with Crippen molar-refractivity contribution in [3.63, 3.8) is 0 Å². The fraction of sp³-hybridized carbons (Fsp3) is 0.667. The number of hydrogen-bond donors (Lipinski definition) is 0. The molecule has 0 bridgehead atoms. The second kappa shape index (κ2) is 3.86. The van der Waals surface area contributed by atoms with Crippen LogP contribution in [0.2, 0.25) is 0 Å². The van der Waals surface area contributed by atoms with Crippen LogP contribution in [0.5, 0.6) is 0 Å². The Hall–Kier alpha value is -0.315. The van der Waals surface area contributed by atoms with Crippen LogP contribution in [0.3, 0.4) is 0 Å². The van der Waals surface area contributed by atoms with Gasteiger partial charge in [-0.3, -0.25) is 0 Å². The maximum atomic E-state index is 6.03. The smallest absolute Gasteiger partial charge is 0.403 e. The highest BCUT2D eigenvalue weighted by molar-refractivity contribution is 7.10. The molecule has 0 radical (unpaired) electrons. The van der Waals surface area contributed by atoms with E-state index >= 15 is 0 Å². The highest BCUT2D eigenvalue weighted by Crippen LogP contribution is 2.41. The standard InChI is InChI=1S/C12H19BO2S/c1-9(10-7-6-8-16-10)13-14-11(2,3)12(4,5)15-13/h6-9H,1-5H3/t9-/m0/s1. The van der Waals surface area contributed by atoms with Crippen molar-refractivity contribution in [1.82, 2.24) is 0 Å². The van der Waals surface area contributed by atoms with Crippen LogP contribution >= 0.6 is 11.3 Å². The van der Waals surface area contributed by atoms with Crippen LogP contribution in [0.1, 0.15) is 45.3 Å². The van der Waals surface area contributed by atoms with Gasteiger partial charge in [-0.25, -0.2) is 0 Å². The highest BCUT2D eigenvalue weighted by atomic mass is 32.1. The molecule has 2 nitrogen and oxygen atoms in total. The molecule has 0 spiro atoms. The third-order valence-corrected chi connectivity index (χ3v) is 4.74. The molecule has 0 saturated carbocycles. The van der Waals surface area contributed by atoms with E-state index in [4.69, 9.17) is 9.31 Å². The van der Waals surface area contributed by atoms with Crippen molar-refractivity contribution >= 4 is 18.5 Å². The summed E-state index contributed by atoms with van der Waals surface area (Å²) in [5, 5.41) is 2.09. The summed E-state index contributed by atoms with van der Waals surface area (Å²) in [5.41, 5.74) is -0.466. The van der Waals surface area contributed by atoms with E-state index in [1.54, 1.807) is 11.3 Å². The minimum atomic E-state index is -0.233. The first-order valence-corrected chi connectivity index (χ1v) is 6.60. The Bertz CT molecular complexity index is 343. The average molecular weight is 238 g/mol. The van der Waals surface area contributed by atoms with Crippen molar-refractivity contribution in [2.45, 2.75) is 51.6 Å². The zero-order valence-electron chi connectivity index (χ0n) is 10.6. The fourth-order valence-corrected chi connectivity index (χ4v) is 2.57. The summed E-state index contributed by atoms with van der Waals surface area (Å²) in [7, 11) is -0.136. The number of hydrogen-bond acceptors (Lipinski definition) is 3. The average Bonchev–Trinajstić information content (AvgIpc) is 2.72. The molecule has 1 fully saturated rings. The molecule has 0 aliphatic carbocycles. The van der Waals surface area contributed by atoms with Gasteiger partial charge in [0.1, 0.15) is 0 Å². The first kappa shape index (κ1) is 12.2. The van der Waals surface area contributed by atoms with E-state index in [2.05, 4.69) is 52.1 Å². The Balaban J connectivity index is 2.15. The zero-order valence-corrected chi connectivity index (χ0v) is 11.4. The van der Waals surface area contributed by atoms with E-state index in [1.807, 2.05) is 0 Å². The van der Waals surface area contributed by atoms with Gasteiger partial charge in [-0.15, -0.1) is 11.3 Å². The Morgan fingerprint density at radius 2 is 1.75 bits per heavy atom. The predicted molar refractivity (Wildman–Crippen MR) is 68.8 cm³/mol. The third-order valence-electron chi connectivity index (χ3n) is 3.67. The lowest BCUT2D eigenvalue weighted by molar-refractivity contribution is 0.00578. The molecule has 16 heavy (non-hydrogen) atoms. The van der Waals surface area contributed by atoms with E-state index < -0.39 is 0 Å². The van der Waals surface area contributed by atoms with E-state index in [1.165, 1.54) is 4.88 Å². The minimum Gasteiger partial charge on any atom is -0.403 e. The Morgan fingerprint density at radius 1 is 1.19 bits per heavy atom. The summed E-state index contributed by atoms with van der Waals surface area (Å²) in [6.07, 6.45) is 0. The summed E-state index contributed by atoms with van der Waals surface area (Å²) in [6.45, 7) is 10.5. The Kier molecular flexibility index (Phi) is 2.93. The largest absolute Gasteiger partial charge is 0.466 e. The number of thiophene rings is 1. The predicted octanol–water partition coefficient (Wildman–Crippen LogP) is 3.48. The van der Waals surface area contributed by atoms with Gasteiger partial charge in [0, 0.05) is 10.7 Å². The summed E-state index contributed by atoms with van der Waals surface area (Å²) in [6, 6.07) is 4.21. The maximum absolute atomic E-state index is 6.03. The van der Waals surface area contributed by atoms with Crippen LogP contribution in [0.15, 0.2) is 17.5 Å². The molecule has 88 valence electrons. The van der Waals surface area contributed by atoms with E-state index in [9.17, 15) is 0 Å². The molecule has 0 unspecified atom stereocenters. The molecule has 1 aromatic rings. The van der Waals surface area contributed by atoms with E-state index in [0.29, 0.717) is 5.82 Å². The van der Waals surface area contributed by atoms with Gasteiger partial charge in [0.2, 0.25) is 0 Å². The van der Waals surface area contributed by atoms with Crippen molar-refractivity contribution in [1.29, 1.82) is 0 Å². The van der Waals surface area contributed by atoms with Gasteiger partial charge in [-0.05, 0) is 39.1 Å². The van der Waals surface area contributed by atoms with Gasteiger partial charge < -0.3 is 9.31 Å². The lowest BCUT2D eigenvalue weighted by Gasteiger charge is -2.32. The molecule has 1 atom stereocenters. The molecule has 0 amide bonds. The minimum absolute atomic E-state index is 0.136. The Morgan fingerprint density at radius 3 is 2.19 bits per heavy atom. The molecule has 1 aliphatic heterocycles. The molecule has 0 N–H and O–H groups in total. The van der Waals surface area contributed by atoms with Gasteiger partial charge in [0.05, 0.1) is 11.2 Å². The summed E-state index contributed by atoms with van der Waals surface area (Å²) >= 11 is 1.76. The molecule has 1 saturated heterocycles. The molecule has 1 aliphatic rings. The lowest BCUT2D eigenvalue weighted by Crippen LogP contribution is -2.41. The maximum Gasteiger partial charge on any atom is 0.466 e. The summed E-state index contributed by atoms with van der Waals surface area (Å²) < 4.78 is 12.1. The van der Waals surface area contributed by atoms with Crippen LogP contribution in [0.4, 0.5) is 0 Å². The van der Waals surface area contributed by atoms with Crippen LogP contribution in [-0.4, -0.2) is 18.3 Å². The first-order valence-electron chi connectivity index (χ1n) is 5.72. The van der Waals surface area contributed by atoms with Gasteiger partial charge in [-0.2, -0.15) is 0 Å². The summed E-state index contributed by atoms with van der Waals surface area (Å²) in [4.78, 5) is 1.32. The molecule has 4 heteroatoms. The van der Waals surface area contributed by atoms with Crippen molar-refractivity contribution in [2.24, 2.45) is 0 Å². The fourth-order valence-electron chi connectivity index (χ4n) is 1.78. The van der Waals surface area contributed by atoms with Crippen LogP contribution in [0.25, 0.3) is 0 Å². The van der Waals surface area contributed by atoms with Crippen molar-refractivity contribution in [3.8, 4) is 0 Å². The molecular formula is C12H19BO2S. The topological polar surface area (TPSA) is 18.5 Å². The van der Waals surface area contributed by atoms with Gasteiger partial charge in [0.25, 0.3) is 0 Å². The lowest BCUT2D eigenvalue weighted by atomic mass is 9.72. The quantitative estimate of drug-likeness (QED) is 0.734.